The fraction of sp³-hybridized carbons (Fsp3) is 0.474. The van der Waals surface area contributed by atoms with Gasteiger partial charge in [0.15, 0.2) is 23.9 Å². The zero-order valence-electron chi connectivity index (χ0n) is 31.3. The number of ether oxygens (including phenoxy) is 6. The molecule has 2 saturated carbocycles. The van der Waals surface area contributed by atoms with Crippen LogP contribution in [-0.4, -0.2) is 58.6 Å². The lowest BCUT2D eigenvalue weighted by molar-refractivity contribution is -0.605. The molecule has 310 valence electrons. The molecule has 2 aromatic carbocycles. The molecule has 0 radical (unpaired) electrons. The molecule has 3 aromatic rings. The quantitative estimate of drug-likeness (QED) is 0.0307. The van der Waals surface area contributed by atoms with Gasteiger partial charge in [-0.2, -0.15) is 13.5 Å². The summed E-state index contributed by atoms with van der Waals surface area (Å²) in [6.07, 6.45) is 3.63. The number of rotatable bonds is 20. The summed E-state index contributed by atoms with van der Waals surface area (Å²) in [6.45, 7) is 1.55. The number of pyridine rings is 1. The number of benzene rings is 2. The molecular formula is C38H42Cl2F2N2O12S. The molecular weight excluding hydrogens is 817 g/mol. The lowest BCUT2D eigenvalue weighted by atomic mass is 10.0. The number of anilines is 1. The summed E-state index contributed by atoms with van der Waals surface area (Å²) in [5.74, 6) is -2.26. The highest BCUT2D eigenvalue weighted by Crippen LogP contribution is 2.39. The Morgan fingerprint density at radius 2 is 1.56 bits per heavy atom. The third-order valence-corrected chi connectivity index (χ3v) is 9.84. The van der Waals surface area contributed by atoms with Crippen LogP contribution in [0.25, 0.3) is 0 Å². The smallest absolute Gasteiger partial charge is 0.387 e. The average molecular weight is 860 g/mol. The van der Waals surface area contributed by atoms with Crippen LogP contribution in [-0.2, 0) is 52.9 Å². The summed E-state index contributed by atoms with van der Waals surface area (Å²) in [5, 5.41) is 11.8. The fourth-order valence-electron chi connectivity index (χ4n) is 5.37. The number of carbonyl (C=O) groups excluding carboxylic acids is 3. The third-order valence-electron chi connectivity index (χ3n) is 8.48. The Morgan fingerprint density at radius 3 is 2.14 bits per heavy atom. The van der Waals surface area contributed by atoms with Crippen molar-refractivity contribution in [1.82, 2.24) is 0 Å². The van der Waals surface area contributed by atoms with E-state index in [9.17, 15) is 37.1 Å². The van der Waals surface area contributed by atoms with E-state index in [2.05, 4.69) is 4.74 Å². The first-order chi connectivity index (χ1) is 26.9. The van der Waals surface area contributed by atoms with Gasteiger partial charge in [-0.25, -0.2) is 4.21 Å². The first-order valence-electron chi connectivity index (χ1n) is 17.9. The van der Waals surface area contributed by atoms with E-state index in [0.29, 0.717) is 22.8 Å². The second-order valence-electron chi connectivity index (χ2n) is 14.6. The standard InChI is InChI=1S/C38H42Cl2F2N2O12S/c1-38(2,3)56-36(47)18-44(57(49)50)29-10-8-24(12-32(29)51-19-22-4-5-22)21-53-34(45)15-35(46)54-31(14-26-27(39)16-43(48)17-28(26)40)25-9-11-30(55-37(41)42)33(13-25)52-20-23-6-7-23/h8-13,16-17,22-23,31,37H,4-7,14-15,18-21H2,1-3H3,(H,49,50)/t31-/m0/s1. The SMILES string of the molecule is CC(C)(C)OC(=O)CN(c1ccc(COC(=O)CC(=O)O[C@@H](Cc2c(Cl)c[n+]([O-])cc2Cl)c2ccc(OC(F)F)c(OCC3CC3)c2)cc1OCC1CC1)S(=O)O. The van der Waals surface area contributed by atoms with Crippen LogP contribution in [0, 0.1) is 17.0 Å². The van der Waals surface area contributed by atoms with Gasteiger partial charge in [0.25, 0.3) is 11.3 Å². The molecule has 1 aromatic heterocycles. The van der Waals surface area contributed by atoms with E-state index in [4.69, 9.17) is 46.9 Å². The van der Waals surface area contributed by atoms with Gasteiger partial charge in [-0.05, 0) is 93.7 Å². The maximum atomic E-state index is 13.2. The molecule has 1 heterocycles. The molecule has 57 heavy (non-hydrogen) atoms. The minimum absolute atomic E-state index is 0.0208. The van der Waals surface area contributed by atoms with Gasteiger partial charge in [-0.3, -0.25) is 23.2 Å². The van der Waals surface area contributed by atoms with Crippen LogP contribution < -0.4 is 23.2 Å². The van der Waals surface area contributed by atoms with E-state index in [1.54, 1.807) is 20.8 Å². The van der Waals surface area contributed by atoms with Crippen LogP contribution in [0.3, 0.4) is 0 Å². The van der Waals surface area contributed by atoms with Crippen molar-refractivity contribution in [2.24, 2.45) is 11.8 Å². The summed E-state index contributed by atoms with van der Waals surface area (Å²) in [6, 6.07) is 8.43. The molecule has 5 rings (SSSR count). The highest BCUT2D eigenvalue weighted by Gasteiger charge is 2.29. The van der Waals surface area contributed by atoms with Gasteiger partial charge in [0, 0.05) is 12.0 Å². The molecule has 19 heteroatoms. The molecule has 0 aliphatic heterocycles. The number of hydrogen-bond acceptors (Lipinski definition) is 11. The van der Waals surface area contributed by atoms with Crippen molar-refractivity contribution in [2.75, 3.05) is 24.1 Å². The third kappa shape index (κ3) is 13.9. The van der Waals surface area contributed by atoms with Gasteiger partial charge in [0.2, 0.25) is 0 Å². The van der Waals surface area contributed by atoms with E-state index < -0.39 is 60.5 Å². The Labute approximate surface area is 340 Å². The second kappa shape index (κ2) is 19.3. The summed E-state index contributed by atoms with van der Waals surface area (Å²) in [7, 11) is 0. The van der Waals surface area contributed by atoms with Crippen molar-refractivity contribution in [3.63, 3.8) is 0 Å². The van der Waals surface area contributed by atoms with E-state index >= 15 is 0 Å². The average Bonchev–Trinajstić information content (AvgIpc) is 4.05. The number of hydrogen-bond donors (Lipinski definition) is 1. The number of esters is 3. The molecule has 0 spiro atoms. The van der Waals surface area contributed by atoms with Crippen LogP contribution in [0.2, 0.25) is 10.0 Å². The summed E-state index contributed by atoms with van der Waals surface area (Å²) >= 11 is 10.0. The van der Waals surface area contributed by atoms with Gasteiger partial charge in [0.05, 0.1) is 18.9 Å². The van der Waals surface area contributed by atoms with Crippen LogP contribution >= 0.6 is 23.2 Å². The van der Waals surface area contributed by atoms with E-state index in [-0.39, 0.29) is 69.7 Å². The van der Waals surface area contributed by atoms with E-state index in [0.717, 1.165) is 42.4 Å². The lowest BCUT2D eigenvalue weighted by Gasteiger charge is -2.25. The van der Waals surface area contributed by atoms with E-state index in [1.807, 2.05) is 0 Å². The Balaban J connectivity index is 1.30. The number of halogens is 4. The molecule has 0 amide bonds. The van der Waals surface area contributed by atoms with Crippen molar-refractivity contribution in [3.05, 3.63) is 80.7 Å². The van der Waals surface area contributed by atoms with Crippen molar-refractivity contribution >= 4 is 58.1 Å². The number of nitrogens with zero attached hydrogens (tertiary/aromatic N) is 2. The van der Waals surface area contributed by atoms with Crippen LogP contribution in [0.15, 0.2) is 48.8 Å². The van der Waals surface area contributed by atoms with Crippen molar-refractivity contribution < 1.29 is 65.1 Å². The fourth-order valence-corrected chi connectivity index (χ4v) is 6.51. The lowest BCUT2D eigenvalue weighted by Crippen LogP contribution is -2.36. The molecule has 1 N–H and O–H groups in total. The number of carbonyl (C=O) groups is 3. The summed E-state index contributed by atoms with van der Waals surface area (Å²) in [4.78, 5) is 38.7. The maximum absolute atomic E-state index is 13.2. The normalized spacial score (nSPS) is 15.0. The zero-order valence-corrected chi connectivity index (χ0v) is 33.6. The van der Waals surface area contributed by atoms with Crippen LogP contribution in [0.4, 0.5) is 14.5 Å². The van der Waals surface area contributed by atoms with Gasteiger partial charge < -0.3 is 33.6 Å². The van der Waals surface area contributed by atoms with Gasteiger partial charge in [-0.15, -0.1) is 0 Å². The minimum Gasteiger partial charge on any atom is -0.619 e. The molecule has 2 aliphatic rings. The zero-order chi connectivity index (χ0) is 41.4. The van der Waals surface area contributed by atoms with Gasteiger partial charge in [0.1, 0.15) is 47.1 Å². The monoisotopic (exact) mass is 858 g/mol. The summed E-state index contributed by atoms with van der Waals surface area (Å²) in [5.41, 5.74) is 0.199. The first-order valence-corrected chi connectivity index (χ1v) is 19.8. The Hall–Kier alpha value is -4.45. The topological polar surface area (TPSA) is 174 Å². The van der Waals surface area contributed by atoms with Crippen molar-refractivity contribution in [1.29, 1.82) is 0 Å². The molecule has 2 atom stereocenters. The van der Waals surface area contributed by atoms with Gasteiger partial charge >= 0.3 is 24.5 Å². The largest absolute Gasteiger partial charge is 0.619 e. The van der Waals surface area contributed by atoms with E-state index in [1.165, 1.54) is 36.4 Å². The molecule has 0 bridgehead atoms. The molecule has 0 saturated heterocycles. The number of aromatic nitrogens is 1. The van der Waals surface area contributed by atoms with Crippen LogP contribution in [0.5, 0.6) is 17.2 Å². The van der Waals surface area contributed by atoms with Gasteiger partial charge in [-0.1, -0.05) is 35.3 Å². The predicted octanol–water partition coefficient (Wildman–Crippen LogP) is 7.05. The van der Waals surface area contributed by atoms with Crippen molar-refractivity contribution in [3.8, 4) is 17.2 Å². The molecule has 2 aliphatic carbocycles. The van der Waals surface area contributed by atoms with Crippen molar-refractivity contribution in [2.45, 2.75) is 84.2 Å². The Bertz CT molecular complexity index is 1940. The summed E-state index contributed by atoms with van der Waals surface area (Å²) < 4.78 is 82.9. The van der Waals surface area contributed by atoms with Crippen LogP contribution in [0.1, 0.15) is 75.7 Å². The molecule has 2 fully saturated rings. The second-order valence-corrected chi connectivity index (χ2v) is 16.3. The first kappa shape index (κ1) is 43.7. The highest BCUT2D eigenvalue weighted by atomic mass is 35.5. The predicted molar refractivity (Wildman–Crippen MR) is 202 cm³/mol. The molecule has 1 unspecified atom stereocenters. The minimum atomic E-state index is -3.14. The number of alkyl halides is 2. The maximum Gasteiger partial charge on any atom is 0.387 e. The Kier molecular flexibility index (Phi) is 14.8. The highest BCUT2D eigenvalue weighted by molar-refractivity contribution is 7.80. The molecule has 14 nitrogen and oxygen atoms in total. The Morgan fingerprint density at radius 1 is 0.930 bits per heavy atom.